The molecular weight excluding hydrogens is 200 g/mol. The lowest BCUT2D eigenvalue weighted by Crippen LogP contribution is -2.34. The maximum Gasteiger partial charge on any atom is 0.252 e. The molecule has 4 nitrogen and oxygen atoms in total. The van der Waals surface area contributed by atoms with Gasteiger partial charge in [-0.25, -0.2) is 0 Å². The lowest BCUT2D eigenvalue weighted by molar-refractivity contribution is -0.119. The van der Waals surface area contributed by atoms with Crippen molar-refractivity contribution in [3.63, 3.8) is 0 Å². The average molecular weight is 212 g/mol. The first kappa shape index (κ1) is 10.7. The molecule has 0 radical (unpaired) electrons. The summed E-state index contributed by atoms with van der Waals surface area (Å²) in [5.41, 5.74) is 0.608. The molecule has 0 saturated heterocycles. The molecule has 76 valence electrons. The van der Waals surface area contributed by atoms with Crippen LogP contribution in [0.25, 0.3) is 0 Å². The summed E-state index contributed by atoms with van der Waals surface area (Å²) in [6.07, 6.45) is 0. The summed E-state index contributed by atoms with van der Waals surface area (Å²) in [4.78, 5) is 23.3. The third-order valence-electron chi connectivity index (χ3n) is 1.68. The fourth-order valence-electron chi connectivity index (χ4n) is 0.914. The minimum Gasteiger partial charge on any atom is -0.358 e. The molecule has 0 aliphatic heterocycles. The third kappa shape index (κ3) is 2.85. The number of likely N-dealkylation sites (N-methyl/N-ethyl adjacent to an activating group) is 1. The maximum absolute atomic E-state index is 11.4. The molecule has 0 fully saturated rings. The number of aryl methyl sites for hydroxylation is 1. The molecular formula is C9H12N2O2S. The first-order chi connectivity index (χ1) is 6.63. The smallest absolute Gasteiger partial charge is 0.252 e. The van der Waals surface area contributed by atoms with E-state index in [1.807, 2.05) is 6.92 Å². The molecule has 0 aliphatic rings. The molecule has 1 heterocycles. The topological polar surface area (TPSA) is 58.2 Å². The second kappa shape index (κ2) is 4.76. The molecule has 0 spiro atoms. The van der Waals surface area contributed by atoms with Gasteiger partial charge in [0.25, 0.3) is 5.91 Å². The molecule has 0 aliphatic carbocycles. The highest BCUT2D eigenvalue weighted by Crippen LogP contribution is 2.12. The molecule has 2 amide bonds. The van der Waals surface area contributed by atoms with Crippen LogP contribution in [0.2, 0.25) is 0 Å². The normalized spacial score (nSPS) is 9.57. The molecule has 0 atom stereocenters. The van der Waals surface area contributed by atoms with Crippen LogP contribution in [0.5, 0.6) is 0 Å². The van der Waals surface area contributed by atoms with Gasteiger partial charge >= 0.3 is 0 Å². The molecule has 1 aromatic heterocycles. The molecule has 5 heteroatoms. The molecule has 0 saturated carbocycles. The highest BCUT2D eigenvalue weighted by atomic mass is 32.1. The third-order valence-corrected chi connectivity index (χ3v) is 2.54. The Kier molecular flexibility index (Phi) is 3.64. The highest BCUT2D eigenvalue weighted by molar-refractivity contribution is 7.10. The molecule has 2 N–H and O–H groups in total. The summed E-state index contributed by atoms with van der Waals surface area (Å²) < 4.78 is 0. The number of thiophene rings is 1. The van der Waals surface area contributed by atoms with Crippen molar-refractivity contribution < 1.29 is 9.59 Å². The number of nitrogens with one attached hydrogen (secondary N) is 2. The minimum atomic E-state index is -0.210. The van der Waals surface area contributed by atoms with Gasteiger partial charge in [-0.05, 0) is 13.0 Å². The monoisotopic (exact) mass is 212 g/mol. The summed E-state index contributed by atoms with van der Waals surface area (Å²) in [7, 11) is 1.53. The van der Waals surface area contributed by atoms with Crippen LogP contribution in [-0.2, 0) is 4.79 Å². The van der Waals surface area contributed by atoms with E-state index < -0.39 is 0 Å². The first-order valence-corrected chi connectivity index (χ1v) is 5.05. The van der Waals surface area contributed by atoms with Gasteiger partial charge in [0, 0.05) is 17.3 Å². The van der Waals surface area contributed by atoms with E-state index in [1.54, 1.807) is 11.4 Å². The molecule has 1 aromatic rings. The van der Waals surface area contributed by atoms with Gasteiger partial charge in [-0.2, -0.15) is 0 Å². The van der Waals surface area contributed by atoms with Crippen molar-refractivity contribution in [2.24, 2.45) is 0 Å². The van der Waals surface area contributed by atoms with E-state index in [1.165, 1.54) is 18.4 Å². The van der Waals surface area contributed by atoms with Gasteiger partial charge in [0.15, 0.2) is 0 Å². The highest BCUT2D eigenvalue weighted by Gasteiger charge is 2.07. The van der Waals surface area contributed by atoms with E-state index in [0.717, 1.165) is 4.88 Å². The predicted molar refractivity (Wildman–Crippen MR) is 55.5 cm³/mol. The van der Waals surface area contributed by atoms with Crippen LogP contribution in [0.15, 0.2) is 11.4 Å². The van der Waals surface area contributed by atoms with E-state index >= 15 is 0 Å². The summed E-state index contributed by atoms with van der Waals surface area (Å²) in [6, 6.07) is 1.80. The Balaban J connectivity index is 2.47. The Bertz CT molecular complexity index is 346. The number of rotatable bonds is 3. The fraction of sp³-hybridized carbons (Fsp3) is 0.333. The molecule has 0 aromatic carbocycles. The minimum absolute atomic E-state index is 0.0181. The zero-order valence-electron chi connectivity index (χ0n) is 8.09. The van der Waals surface area contributed by atoms with Crippen LogP contribution in [-0.4, -0.2) is 25.4 Å². The number of hydrogen-bond acceptors (Lipinski definition) is 3. The fourth-order valence-corrected chi connectivity index (χ4v) is 1.60. The number of amides is 2. The van der Waals surface area contributed by atoms with Crippen LogP contribution in [0.1, 0.15) is 15.2 Å². The van der Waals surface area contributed by atoms with Crippen LogP contribution >= 0.6 is 11.3 Å². The summed E-state index contributed by atoms with van der Waals surface area (Å²) in [5, 5.41) is 6.72. The van der Waals surface area contributed by atoms with Crippen molar-refractivity contribution in [2.45, 2.75) is 6.92 Å². The summed E-state index contributed by atoms with van der Waals surface area (Å²) in [6.45, 7) is 1.95. The van der Waals surface area contributed by atoms with Crippen molar-refractivity contribution in [2.75, 3.05) is 13.6 Å². The summed E-state index contributed by atoms with van der Waals surface area (Å²) >= 11 is 1.51. The Morgan fingerprint density at radius 2 is 2.21 bits per heavy atom. The van der Waals surface area contributed by atoms with E-state index in [0.29, 0.717) is 5.56 Å². The van der Waals surface area contributed by atoms with Crippen LogP contribution in [0.3, 0.4) is 0 Å². The number of hydrogen-bond donors (Lipinski definition) is 2. The Labute approximate surface area is 86.3 Å². The second-order valence-corrected chi connectivity index (χ2v) is 3.92. The quantitative estimate of drug-likeness (QED) is 0.768. The van der Waals surface area contributed by atoms with E-state index in [9.17, 15) is 9.59 Å². The van der Waals surface area contributed by atoms with Crippen molar-refractivity contribution >= 4 is 23.2 Å². The second-order valence-electron chi connectivity index (χ2n) is 2.80. The SMILES string of the molecule is CNC(=O)CNC(=O)c1csc(C)c1. The first-order valence-electron chi connectivity index (χ1n) is 4.17. The van der Waals surface area contributed by atoms with E-state index in [2.05, 4.69) is 10.6 Å². The van der Waals surface area contributed by atoms with Gasteiger partial charge in [-0.3, -0.25) is 9.59 Å². The Morgan fingerprint density at radius 3 is 2.71 bits per heavy atom. The van der Waals surface area contributed by atoms with E-state index in [4.69, 9.17) is 0 Å². The number of carbonyl (C=O) groups is 2. The molecule has 0 bridgehead atoms. The van der Waals surface area contributed by atoms with Crippen molar-refractivity contribution in [1.82, 2.24) is 10.6 Å². The number of carbonyl (C=O) groups excluding carboxylic acids is 2. The largest absolute Gasteiger partial charge is 0.358 e. The van der Waals surface area contributed by atoms with Crippen molar-refractivity contribution in [3.05, 3.63) is 21.9 Å². The van der Waals surface area contributed by atoms with Crippen molar-refractivity contribution in [3.8, 4) is 0 Å². The van der Waals surface area contributed by atoms with Gasteiger partial charge in [0.1, 0.15) is 0 Å². The van der Waals surface area contributed by atoms with Gasteiger partial charge in [-0.1, -0.05) is 0 Å². The lowest BCUT2D eigenvalue weighted by atomic mass is 10.3. The van der Waals surface area contributed by atoms with Crippen LogP contribution in [0.4, 0.5) is 0 Å². The predicted octanol–water partition coefficient (Wildman–Crippen LogP) is 0.532. The maximum atomic E-state index is 11.4. The summed E-state index contributed by atoms with van der Waals surface area (Å²) in [5.74, 6) is -0.414. The Hall–Kier alpha value is -1.36. The van der Waals surface area contributed by atoms with Crippen molar-refractivity contribution in [1.29, 1.82) is 0 Å². The van der Waals surface area contributed by atoms with Gasteiger partial charge in [-0.15, -0.1) is 11.3 Å². The Morgan fingerprint density at radius 1 is 1.50 bits per heavy atom. The van der Waals surface area contributed by atoms with Gasteiger partial charge in [0.05, 0.1) is 12.1 Å². The lowest BCUT2D eigenvalue weighted by Gasteiger charge is -2.01. The standard InChI is InChI=1S/C9H12N2O2S/c1-6-3-7(5-14-6)9(13)11-4-8(12)10-2/h3,5H,4H2,1-2H3,(H,10,12)(H,11,13). The van der Waals surface area contributed by atoms with Crippen LogP contribution < -0.4 is 10.6 Å². The van der Waals surface area contributed by atoms with E-state index in [-0.39, 0.29) is 18.4 Å². The zero-order chi connectivity index (χ0) is 10.6. The molecule has 0 unspecified atom stereocenters. The van der Waals surface area contributed by atoms with Crippen LogP contribution in [0, 0.1) is 6.92 Å². The zero-order valence-corrected chi connectivity index (χ0v) is 8.90. The average Bonchev–Trinajstić information content (AvgIpc) is 2.60. The molecule has 1 rings (SSSR count). The van der Waals surface area contributed by atoms with Gasteiger partial charge < -0.3 is 10.6 Å². The molecule has 14 heavy (non-hydrogen) atoms. The van der Waals surface area contributed by atoms with Gasteiger partial charge in [0.2, 0.25) is 5.91 Å².